The maximum absolute atomic E-state index is 13.3. The zero-order valence-corrected chi connectivity index (χ0v) is 13.7. The summed E-state index contributed by atoms with van der Waals surface area (Å²) >= 11 is 3.63. The molecule has 0 fully saturated rings. The molecule has 0 atom stereocenters. The summed E-state index contributed by atoms with van der Waals surface area (Å²) in [5.74, 6) is 0.425. The predicted octanol–water partition coefficient (Wildman–Crippen LogP) is 5.49. The molecular weight excluding hydrogens is 307 g/mol. The molecule has 0 unspecified atom stereocenters. The Morgan fingerprint density at radius 3 is 2.37 bits per heavy atom. The molecule has 1 aromatic carbocycles. The standard InChI is InChI=1S/C16H24BrFO/c1-4-8-16(11-17,9-5-2)12-19-15-10-14(18)7-6-13(15)3/h6-7,10H,4-5,8-9,11-12H2,1-3H3. The average Bonchev–Trinajstić information content (AvgIpc) is 2.40. The van der Waals surface area contributed by atoms with E-state index in [1.807, 2.05) is 6.92 Å². The van der Waals surface area contributed by atoms with Gasteiger partial charge in [-0.2, -0.15) is 0 Å². The van der Waals surface area contributed by atoms with E-state index in [4.69, 9.17) is 4.74 Å². The molecule has 3 heteroatoms. The molecule has 0 spiro atoms. The van der Waals surface area contributed by atoms with E-state index in [0.29, 0.717) is 12.4 Å². The molecule has 1 rings (SSSR count). The Labute approximate surface area is 124 Å². The van der Waals surface area contributed by atoms with Crippen molar-refractivity contribution >= 4 is 15.9 Å². The minimum Gasteiger partial charge on any atom is -0.493 e. The zero-order chi connectivity index (χ0) is 14.3. The Morgan fingerprint density at radius 2 is 1.84 bits per heavy atom. The van der Waals surface area contributed by atoms with E-state index < -0.39 is 0 Å². The SMILES string of the molecule is CCCC(CBr)(CCC)COc1cc(F)ccc1C. The summed E-state index contributed by atoms with van der Waals surface area (Å²) in [6.07, 6.45) is 4.52. The van der Waals surface area contributed by atoms with Gasteiger partial charge in [0.1, 0.15) is 11.6 Å². The van der Waals surface area contributed by atoms with E-state index in [0.717, 1.165) is 36.6 Å². The number of hydrogen-bond acceptors (Lipinski definition) is 1. The zero-order valence-electron chi connectivity index (χ0n) is 12.1. The lowest BCUT2D eigenvalue weighted by Gasteiger charge is -2.31. The maximum Gasteiger partial charge on any atom is 0.126 e. The van der Waals surface area contributed by atoms with Gasteiger partial charge in [-0.3, -0.25) is 0 Å². The summed E-state index contributed by atoms with van der Waals surface area (Å²) in [6.45, 7) is 6.98. The quantitative estimate of drug-likeness (QED) is 0.572. The van der Waals surface area contributed by atoms with Crippen LogP contribution in [0.5, 0.6) is 5.75 Å². The maximum atomic E-state index is 13.3. The molecule has 0 radical (unpaired) electrons. The van der Waals surface area contributed by atoms with Crippen LogP contribution in [0.1, 0.15) is 45.1 Å². The van der Waals surface area contributed by atoms with Crippen LogP contribution in [0, 0.1) is 18.2 Å². The van der Waals surface area contributed by atoms with Gasteiger partial charge in [-0.25, -0.2) is 4.39 Å². The number of halogens is 2. The van der Waals surface area contributed by atoms with E-state index in [1.165, 1.54) is 12.1 Å². The van der Waals surface area contributed by atoms with Gasteiger partial charge in [0.05, 0.1) is 6.61 Å². The third-order valence-corrected chi connectivity index (χ3v) is 4.72. The Bertz CT molecular complexity index is 386. The van der Waals surface area contributed by atoms with Gasteiger partial charge in [-0.15, -0.1) is 0 Å². The third-order valence-electron chi connectivity index (χ3n) is 3.53. The van der Waals surface area contributed by atoms with Crippen LogP contribution in [0.15, 0.2) is 18.2 Å². The van der Waals surface area contributed by atoms with Crippen LogP contribution in [0.2, 0.25) is 0 Å². The molecule has 1 nitrogen and oxygen atoms in total. The highest BCUT2D eigenvalue weighted by atomic mass is 79.9. The summed E-state index contributed by atoms with van der Waals surface area (Å²) < 4.78 is 19.2. The molecule has 0 saturated carbocycles. The molecule has 0 bridgehead atoms. The normalized spacial score (nSPS) is 11.6. The van der Waals surface area contributed by atoms with Gasteiger partial charge in [0.15, 0.2) is 0 Å². The summed E-state index contributed by atoms with van der Waals surface area (Å²) in [5, 5.41) is 0.927. The van der Waals surface area contributed by atoms with Crippen LogP contribution in [0.3, 0.4) is 0 Å². The second-order valence-electron chi connectivity index (χ2n) is 5.33. The first kappa shape index (κ1) is 16.5. The van der Waals surface area contributed by atoms with Crippen molar-refractivity contribution in [2.24, 2.45) is 5.41 Å². The number of rotatable bonds is 8. The minimum atomic E-state index is -0.240. The highest BCUT2D eigenvalue weighted by Gasteiger charge is 2.28. The smallest absolute Gasteiger partial charge is 0.126 e. The lowest BCUT2D eigenvalue weighted by molar-refractivity contribution is 0.143. The molecule has 0 aliphatic rings. The topological polar surface area (TPSA) is 9.23 Å². The van der Waals surface area contributed by atoms with Crippen LogP contribution >= 0.6 is 15.9 Å². The Balaban J connectivity index is 2.77. The van der Waals surface area contributed by atoms with Crippen LogP contribution in [0.4, 0.5) is 4.39 Å². The summed E-state index contributed by atoms with van der Waals surface area (Å²) in [7, 11) is 0. The van der Waals surface area contributed by atoms with Crippen LogP contribution in [0.25, 0.3) is 0 Å². The minimum absolute atomic E-state index is 0.155. The first-order valence-corrected chi connectivity index (χ1v) is 8.14. The summed E-state index contributed by atoms with van der Waals surface area (Å²) in [6, 6.07) is 4.71. The van der Waals surface area contributed by atoms with Crippen molar-refractivity contribution in [1.29, 1.82) is 0 Å². The molecule has 0 aliphatic carbocycles. The van der Waals surface area contributed by atoms with E-state index in [2.05, 4.69) is 29.8 Å². The number of aryl methyl sites for hydroxylation is 1. The fourth-order valence-corrected chi connectivity index (χ4v) is 3.19. The van der Waals surface area contributed by atoms with Crippen LogP contribution in [-0.4, -0.2) is 11.9 Å². The van der Waals surface area contributed by atoms with Crippen molar-refractivity contribution in [3.8, 4) is 5.75 Å². The molecule has 0 heterocycles. The first-order valence-electron chi connectivity index (χ1n) is 7.02. The lowest BCUT2D eigenvalue weighted by atomic mass is 9.82. The van der Waals surface area contributed by atoms with Gasteiger partial charge in [-0.1, -0.05) is 48.7 Å². The largest absolute Gasteiger partial charge is 0.493 e. The van der Waals surface area contributed by atoms with Gasteiger partial charge in [0.2, 0.25) is 0 Å². The molecular formula is C16H24BrFO. The molecule has 0 N–H and O–H groups in total. The van der Waals surface area contributed by atoms with E-state index >= 15 is 0 Å². The molecule has 108 valence electrons. The molecule has 0 aromatic heterocycles. The number of ether oxygens (including phenoxy) is 1. The van der Waals surface area contributed by atoms with Crippen molar-refractivity contribution in [2.45, 2.75) is 46.5 Å². The molecule has 0 aliphatic heterocycles. The molecule has 0 amide bonds. The predicted molar refractivity (Wildman–Crippen MR) is 82.7 cm³/mol. The van der Waals surface area contributed by atoms with E-state index in [-0.39, 0.29) is 11.2 Å². The second kappa shape index (κ2) is 7.88. The lowest BCUT2D eigenvalue weighted by Crippen LogP contribution is -2.30. The van der Waals surface area contributed by atoms with Crippen LogP contribution in [-0.2, 0) is 0 Å². The fourth-order valence-electron chi connectivity index (χ4n) is 2.46. The number of benzene rings is 1. The average molecular weight is 331 g/mol. The summed E-state index contributed by atoms with van der Waals surface area (Å²) in [4.78, 5) is 0. The van der Waals surface area contributed by atoms with Crippen molar-refractivity contribution in [2.75, 3.05) is 11.9 Å². The van der Waals surface area contributed by atoms with Gasteiger partial charge < -0.3 is 4.74 Å². The van der Waals surface area contributed by atoms with Crippen molar-refractivity contribution < 1.29 is 9.13 Å². The monoisotopic (exact) mass is 330 g/mol. The van der Waals surface area contributed by atoms with Gasteiger partial charge in [0.25, 0.3) is 0 Å². The number of alkyl halides is 1. The Kier molecular flexibility index (Phi) is 6.84. The van der Waals surface area contributed by atoms with Crippen molar-refractivity contribution in [1.82, 2.24) is 0 Å². The van der Waals surface area contributed by atoms with Gasteiger partial charge in [0, 0.05) is 16.8 Å². The summed E-state index contributed by atoms with van der Waals surface area (Å²) in [5.41, 5.74) is 1.14. The second-order valence-corrected chi connectivity index (χ2v) is 5.89. The molecule has 19 heavy (non-hydrogen) atoms. The van der Waals surface area contributed by atoms with Gasteiger partial charge in [-0.05, 0) is 31.4 Å². The van der Waals surface area contributed by atoms with E-state index in [1.54, 1.807) is 6.07 Å². The van der Waals surface area contributed by atoms with Crippen molar-refractivity contribution in [3.63, 3.8) is 0 Å². The third kappa shape index (κ3) is 4.79. The fraction of sp³-hybridized carbons (Fsp3) is 0.625. The highest BCUT2D eigenvalue weighted by Crippen LogP contribution is 2.33. The van der Waals surface area contributed by atoms with Crippen LogP contribution < -0.4 is 4.74 Å². The van der Waals surface area contributed by atoms with E-state index in [9.17, 15) is 4.39 Å². The molecule has 0 saturated heterocycles. The van der Waals surface area contributed by atoms with Crippen molar-refractivity contribution in [3.05, 3.63) is 29.6 Å². The highest BCUT2D eigenvalue weighted by molar-refractivity contribution is 9.09. The first-order chi connectivity index (χ1) is 9.06. The number of hydrogen-bond donors (Lipinski definition) is 0. The van der Waals surface area contributed by atoms with Gasteiger partial charge >= 0.3 is 0 Å². The Morgan fingerprint density at radius 1 is 1.21 bits per heavy atom. The Hall–Kier alpha value is -0.570. The molecule has 1 aromatic rings.